The van der Waals surface area contributed by atoms with Gasteiger partial charge in [-0.3, -0.25) is 0 Å². The van der Waals surface area contributed by atoms with Gasteiger partial charge in [-0.15, -0.1) is 5.16 Å². The fourth-order valence-electron chi connectivity index (χ4n) is 0. The van der Waals surface area contributed by atoms with Crippen molar-refractivity contribution in [2.45, 2.75) is 6.92 Å². The summed E-state index contributed by atoms with van der Waals surface area (Å²) in [6.07, 6.45) is 1.31. The molecule has 0 aliphatic rings. The Labute approximate surface area is 30.2 Å². The SMILES string of the molecule is CC=NO.O. The quantitative estimate of drug-likeness (QED) is 0.239. The van der Waals surface area contributed by atoms with Crippen molar-refractivity contribution in [3.8, 4) is 0 Å². The van der Waals surface area contributed by atoms with Crippen molar-refractivity contribution in [3.63, 3.8) is 0 Å². The van der Waals surface area contributed by atoms with Crippen LogP contribution in [-0.2, 0) is 0 Å². The van der Waals surface area contributed by atoms with Crippen molar-refractivity contribution in [2.75, 3.05) is 0 Å². The summed E-state index contributed by atoms with van der Waals surface area (Å²) < 4.78 is 0. The van der Waals surface area contributed by atoms with E-state index in [1.165, 1.54) is 6.21 Å². The first-order chi connectivity index (χ1) is 1.91. The van der Waals surface area contributed by atoms with E-state index in [9.17, 15) is 0 Å². The van der Waals surface area contributed by atoms with Gasteiger partial charge in [0.05, 0.1) is 0 Å². The number of rotatable bonds is 0. The number of hydrogen-bond donors (Lipinski definition) is 1. The van der Waals surface area contributed by atoms with Crippen LogP contribution in [0.4, 0.5) is 0 Å². The predicted octanol–water partition coefficient (Wildman–Crippen LogP) is -0.358. The van der Waals surface area contributed by atoms with Crippen molar-refractivity contribution in [1.82, 2.24) is 0 Å². The summed E-state index contributed by atoms with van der Waals surface area (Å²) in [5, 5.41) is 10.1. The van der Waals surface area contributed by atoms with Crippen LogP contribution in [0.5, 0.6) is 0 Å². The molecule has 0 fully saturated rings. The Kier molecular flexibility index (Phi) is 17.5. The van der Waals surface area contributed by atoms with E-state index >= 15 is 0 Å². The van der Waals surface area contributed by atoms with Gasteiger partial charge in [0.1, 0.15) is 0 Å². The van der Waals surface area contributed by atoms with Gasteiger partial charge < -0.3 is 10.7 Å². The molecule has 5 heavy (non-hydrogen) atoms. The Balaban J connectivity index is 0. The molecule has 0 aromatic rings. The molecule has 3 heteroatoms. The first kappa shape index (κ1) is 8.83. The molecule has 0 atom stereocenters. The van der Waals surface area contributed by atoms with E-state index in [0.29, 0.717) is 0 Å². The van der Waals surface area contributed by atoms with Crippen LogP contribution in [0.1, 0.15) is 6.92 Å². The van der Waals surface area contributed by atoms with Crippen molar-refractivity contribution in [3.05, 3.63) is 0 Å². The zero-order valence-electron chi connectivity index (χ0n) is 2.97. The Bertz CT molecular complexity index is 22.8. The molecule has 3 nitrogen and oxygen atoms in total. The third-order valence-corrected chi connectivity index (χ3v) is 0.115. The van der Waals surface area contributed by atoms with Crippen LogP contribution >= 0.6 is 0 Å². The Morgan fingerprint density at radius 2 is 2.00 bits per heavy atom. The average molecular weight is 77.1 g/mol. The third-order valence-electron chi connectivity index (χ3n) is 0.115. The van der Waals surface area contributed by atoms with Gasteiger partial charge in [0, 0.05) is 6.21 Å². The van der Waals surface area contributed by atoms with E-state index in [2.05, 4.69) is 5.16 Å². The highest BCUT2D eigenvalue weighted by Crippen LogP contribution is 1.38. The second kappa shape index (κ2) is 9.90. The summed E-state index contributed by atoms with van der Waals surface area (Å²) in [5.74, 6) is 0. The van der Waals surface area contributed by atoms with E-state index in [1.54, 1.807) is 6.92 Å². The van der Waals surface area contributed by atoms with Crippen LogP contribution in [0, 0.1) is 0 Å². The standard InChI is InChI=1S/C2H5NO.H2O/c1-2-3-4;/h2,4H,1H3;1H2. The average Bonchev–Trinajstić information content (AvgIpc) is 1.37. The monoisotopic (exact) mass is 77.0 g/mol. The zero-order chi connectivity index (χ0) is 3.41. The van der Waals surface area contributed by atoms with Crippen LogP contribution in [0.2, 0.25) is 0 Å². The smallest absolute Gasteiger partial charge is 0.0404 e. The minimum Gasteiger partial charge on any atom is -0.412 e. The molecule has 0 aromatic heterocycles. The highest BCUT2D eigenvalue weighted by Gasteiger charge is 1.34. The van der Waals surface area contributed by atoms with Gasteiger partial charge in [-0.25, -0.2) is 0 Å². The number of hydrogen-bond acceptors (Lipinski definition) is 2. The van der Waals surface area contributed by atoms with Gasteiger partial charge in [-0.1, -0.05) is 0 Å². The Hall–Kier alpha value is -0.570. The molecule has 0 saturated heterocycles. The van der Waals surface area contributed by atoms with Crippen LogP contribution in [0.25, 0.3) is 0 Å². The van der Waals surface area contributed by atoms with E-state index in [0.717, 1.165) is 0 Å². The minimum absolute atomic E-state index is 0. The fraction of sp³-hybridized carbons (Fsp3) is 0.500. The first-order valence-electron chi connectivity index (χ1n) is 1.04. The van der Waals surface area contributed by atoms with Crippen molar-refractivity contribution >= 4 is 6.21 Å². The van der Waals surface area contributed by atoms with Crippen LogP contribution in [-0.4, -0.2) is 16.9 Å². The molecule has 0 saturated carbocycles. The summed E-state index contributed by atoms with van der Waals surface area (Å²) in [7, 11) is 0. The van der Waals surface area contributed by atoms with Crippen LogP contribution in [0.15, 0.2) is 5.16 Å². The van der Waals surface area contributed by atoms with Crippen molar-refractivity contribution in [1.29, 1.82) is 0 Å². The number of oxime groups is 1. The van der Waals surface area contributed by atoms with Crippen LogP contribution in [0.3, 0.4) is 0 Å². The predicted molar refractivity (Wildman–Crippen MR) is 19.6 cm³/mol. The van der Waals surface area contributed by atoms with E-state index < -0.39 is 0 Å². The lowest BCUT2D eigenvalue weighted by molar-refractivity contribution is 0.321. The molecule has 0 aliphatic heterocycles. The van der Waals surface area contributed by atoms with Gasteiger partial charge in [0.25, 0.3) is 0 Å². The molecule has 0 bridgehead atoms. The maximum atomic E-state index is 7.44. The highest BCUT2D eigenvalue weighted by molar-refractivity contribution is 5.51. The number of nitrogens with zero attached hydrogens (tertiary/aromatic N) is 1. The molecule has 0 rings (SSSR count). The Morgan fingerprint density at radius 1 is 1.80 bits per heavy atom. The van der Waals surface area contributed by atoms with Gasteiger partial charge in [0.15, 0.2) is 0 Å². The molecular weight excluding hydrogens is 70.0 g/mol. The lowest BCUT2D eigenvalue weighted by Crippen LogP contribution is -1.49. The molecule has 0 heterocycles. The maximum absolute atomic E-state index is 7.44. The Morgan fingerprint density at radius 3 is 2.00 bits per heavy atom. The third kappa shape index (κ3) is 37.9. The summed E-state index contributed by atoms with van der Waals surface area (Å²) in [5.41, 5.74) is 0. The zero-order valence-corrected chi connectivity index (χ0v) is 2.97. The molecule has 0 spiro atoms. The second-order valence-corrected chi connectivity index (χ2v) is 0.374. The molecular formula is C2H7NO2. The van der Waals surface area contributed by atoms with Gasteiger partial charge >= 0.3 is 0 Å². The van der Waals surface area contributed by atoms with Crippen LogP contribution < -0.4 is 0 Å². The fourth-order valence-corrected chi connectivity index (χ4v) is 0. The molecule has 0 amide bonds. The van der Waals surface area contributed by atoms with E-state index in [4.69, 9.17) is 5.21 Å². The highest BCUT2D eigenvalue weighted by atomic mass is 16.4. The van der Waals surface area contributed by atoms with Crippen molar-refractivity contribution in [2.24, 2.45) is 5.16 Å². The lowest BCUT2D eigenvalue weighted by Gasteiger charge is -1.54. The topological polar surface area (TPSA) is 64.1 Å². The van der Waals surface area contributed by atoms with Gasteiger partial charge in [0.2, 0.25) is 0 Å². The summed E-state index contributed by atoms with van der Waals surface area (Å²) in [6.45, 7) is 1.64. The summed E-state index contributed by atoms with van der Waals surface area (Å²) in [4.78, 5) is 0. The molecule has 3 N–H and O–H groups in total. The van der Waals surface area contributed by atoms with Crippen molar-refractivity contribution < 1.29 is 10.7 Å². The first-order valence-corrected chi connectivity index (χ1v) is 1.04. The molecule has 0 radical (unpaired) electrons. The van der Waals surface area contributed by atoms with Gasteiger partial charge in [-0.2, -0.15) is 0 Å². The second-order valence-electron chi connectivity index (χ2n) is 0.374. The molecule has 0 unspecified atom stereocenters. The maximum Gasteiger partial charge on any atom is 0.0404 e. The molecule has 32 valence electrons. The van der Waals surface area contributed by atoms with Gasteiger partial charge in [-0.05, 0) is 6.92 Å². The summed E-state index contributed by atoms with van der Waals surface area (Å²) >= 11 is 0. The molecule has 0 aromatic carbocycles. The minimum atomic E-state index is 0. The normalized spacial score (nSPS) is 7.40. The largest absolute Gasteiger partial charge is 0.412 e. The lowest BCUT2D eigenvalue weighted by atomic mass is 10.9. The molecule has 0 aliphatic carbocycles. The summed E-state index contributed by atoms with van der Waals surface area (Å²) in [6, 6.07) is 0. The van der Waals surface area contributed by atoms with E-state index in [1.807, 2.05) is 0 Å². The van der Waals surface area contributed by atoms with E-state index in [-0.39, 0.29) is 5.48 Å².